The Balaban J connectivity index is 1.95. The molecule has 5 nitrogen and oxygen atoms in total. The van der Waals surface area contributed by atoms with Crippen LogP contribution in [0.25, 0.3) is 10.1 Å². The summed E-state index contributed by atoms with van der Waals surface area (Å²) in [5.41, 5.74) is 1.38. The second-order valence-corrected chi connectivity index (χ2v) is 7.88. The van der Waals surface area contributed by atoms with Crippen molar-refractivity contribution < 1.29 is 13.9 Å². The number of carbonyl (C=O) groups is 1. The zero-order chi connectivity index (χ0) is 18.2. The molecule has 1 amide bonds. The van der Waals surface area contributed by atoms with Crippen LogP contribution in [0.2, 0.25) is 0 Å². The van der Waals surface area contributed by atoms with E-state index in [0.717, 1.165) is 10.4 Å². The highest BCUT2D eigenvalue weighted by molar-refractivity contribution is 7.21. The monoisotopic (exact) mass is 361 g/mol. The number of benzene rings is 1. The van der Waals surface area contributed by atoms with Crippen molar-refractivity contribution in [1.82, 2.24) is 10.2 Å². The minimum atomic E-state index is -0.352. The Bertz CT molecular complexity index is 924. The molecule has 0 bridgehead atoms. The third kappa shape index (κ3) is 3.43. The predicted octanol–water partition coefficient (Wildman–Crippen LogP) is 4.46. The number of amides is 1. The minimum absolute atomic E-state index is 0.0993. The lowest BCUT2D eigenvalue weighted by atomic mass is 9.92. The molecular formula is C18H20FN3O2S. The lowest BCUT2D eigenvalue weighted by molar-refractivity contribution is 0.102. The van der Waals surface area contributed by atoms with Crippen LogP contribution in [-0.2, 0) is 16.8 Å². The van der Waals surface area contributed by atoms with Crippen LogP contribution in [-0.4, -0.2) is 23.2 Å². The molecule has 1 aromatic carbocycles. The van der Waals surface area contributed by atoms with E-state index in [-0.39, 0.29) is 23.7 Å². The van der Waals surface area contributed by atoms with Crippen molar-refractivity contribution in [3.8, 4) is 0 Å². The van der Waals surface area contributed by atoms with E-state index >= 15 is 0 Å². The van der Waals surface area contributed by atoms with Gasteiger partial charge in [0.05, 0.1) is 11.5 Å². The van der Waals surface area contributed by atoms with Crippen LogP contribution in [0.15, 0.2) is 24.3 Å². The maximum Gasteiger partial charge on any atom is 0.267 e. The second kappa shape index (κ2) is 6.57. The van der Waals surface area contributed by atoms with Crippen molar-refractivity contribution >= 4 is 33.1 Å². The molecule has 0 saturated carbocycles. The summed E-state index contributed by atoms with van der Waals surface area (Å²) in [7, 11) is 1.52. The Kier molecular flexibility index (Phi) is 4.62. The minimum Gasteiger partial charge on any atom is -0.380 e. The standard InChI is InChI=1S/C18H20FN3O2S/c1-18(2,3)13-8-14(22-21-13)20-17(23)16-10(9-24-4)15-11(19)6-5-7-12(15)25-16/h5-8H,9H2,1-4H3,(H2,20,21,22,23). The first-order chi connectivity index (χ1) is 11.8. The molecule has 3 rings (SSSR count). The van der Waals surface area contributed by atoms with Gasteiger partial charge in [-0.1, -0.05) is 26.8 Å². The number of nitrogens with one attached hydrogen (secondary N) is 2. The van der Waals surface area contributed by atoms with E-state index < -0.39 is 0 Å². The van der Waals surface area contributed by atoms with Crippen LogP contribution in [0.1, 0.15) is 41.7 Å². The van der Waals surface area contributed by atoms with Crippen LogP contribution >= 0.6 is 11.3 Å². The molecule has 2 N–H and O–H groups in total. The van der Waals surface area contributed by atoms with Gasteiger partial charge in [-0.3, -0.25) is 9.89 Å². The van der Waals surface area contributed by atoms with Crippen LogP contribution in [0, 0.1) is 5.82 Å². The molecule has 0 unspecified atom stereocenters. The average Bonchev–Trinajstić information content (AvgIpc) is 3.13. The van der Waals surface area contributed by atoms with E-state index in [2.05, 4.69) is 36.3 Å². The first kappa shape index (κ1) is 17.6. The summed E-state index contributed by atoms with van der Waals surface area (Å²) in [5.74, 6) is -0.231. The van der Waals surface area contributed by atoms with E-state index in [1.807, 2.05) is 6.07 Å². The van der Waals surface area contributed by atoms with Gasteiger partial charge in [-0.15, -0.1) is 11.3 Å². The molecule has 2 heterocycles. The molecule has 0 atom stereocenters. The van der Waals surface area contributed by atoms with Crippen LogP contribution in [0.4, 0.5) is 10.2 Å². The maximum absolute atomic E-state index is 14.2. The highest BCUT2D eigenvalue weighted by Gasteiger charge is 2.22. The van der Waals surface area contributed by atoms with Gasteiger partial charge in [0, 0.05) is 39.9 Å². The maximum atomic E-state index is 14.2. The molecule has 0 spiro atoms. The number of methoxy groups -OCH3 is 1. The molecule has 0 aliphatic heterocycles. The quantitative estimate of drug-likeness (QED) is 0.721. The highest BCUT2D eigenvalue weighted by Crippen LogP contribution is 2.34. The Morgan fingerprint density at radius 2 is 2.16 bits per heavy atom. The number of hydrogen-bond acceptors (Lipinski definition) is 4. The van der Waals surface area contributed by atoms with Gasteiger partial charge >= 0.3 is 0 Å². The number of aromatic amines is 1. The van der Waals surface area contributed by atoms with E-state index in [1.165, 1.54) is 24.5 Å². The molecule has 0 fully saturated rings. The fraction of sp³-hybridized carbons (Fsp3) is 0.333. The van der Waals surface area contributed by atoms with Crippen molar-refractivity contribution in [2.24, 2.45) is 0 Å². The lowest BCUT2D eigenvalue weighted by Gasteiger charge is -2.14. The van der Waals surface area contributed by atoms with Gasteiger partial charge in [-0.05, 0) is 12.1 Å². The molecule has 25 heavy (non-hydrogen) atoms. The number of nitrogens with zero attached hydrogens (tertiary/aromatic N) is 1. The van der Waals surface area contributed by atoms with Crippen LogP contribution in [0.3, 0.4) is 0 Å². The third-order valence-corrected chi connectivity index (χ3v) is 5.08. The normalized spacial score (nSPS) is 11.9. The van der Waals surface area contributed by atoms with Gasteiger partial charge in [0.15, 0.2) is 5.82 Å². The van der Waals surface area contributed by atoms with Gasteiger partial charge in [0.1, 0.15) is 5.82 Å². The Morgan fingerprint density at radius 3 is 2.80 bits per heavy atom. The summed E-state index contributed by atoms with van der Waals surface area (Å²) >= 11 is 1.25. The lowest BCUT2D eigenvalue weighted by Crippen LogP contribution is -2.13. The van der Waals surface area contributed by atoms with Gasteiger partial charge in [-0.25, -0.2) is 4.39 Å². The summed E-state index contributed by atoms with van der Waals surface area (Å²) in [6.45, 7) is 6.32. The average molecular weight is 361 g/mol. The zero-order valence-corrected chi connectivity index (χ0v) is 15.4. The van der Waals surface area contributed by atoms with E-state index in [4.69, 9.17) is 4.74 Å². The van der Waals surface area contributed by atoms with Crippen molar-refractivity contribution in [3.05, 3.63) is 46.2 Å². The smallest absolute Gasteiger partial charge is 0.267 e. The molecule has 0 aliphatic carbocycles. The van der Waals surface area contributed by atoms with E-state index in [1.54, 1.807) is 12.1 Å². The van der Waals surface area contributed by atoms with Gasteiger partial charge in [0.2, 0.25) is 0 Å². The van der Waals surface area contributed by atoms with Crippen molar-refractivity contribution in [2.45, 2.75) is 32.8 Å². The molecular weight excluding hydrogens is 341 g/mol. The second-order valence-electron chi connectivity index (χ2n) is 6.83. The molecule has 2 aromatic heterocycles. The number of thiophene rings is 1. The van der Waals surface area contributed by atoms with Gasteiger partial charge in [0.25, 0.3) is 5.91 Å². The van der Waals surface area contributed by atoms with Crippen molar-refractivity contribution in [2.75, 3.05) is 12.4 Å². The first-order valence-corrected chi connectivity index (χ1v) is 8.69. The SMILES string of the molecule is COCc1c(C(=O)Nc2cc(C(C)(C)C)[nH]n2)sc2cccc(F)c12. The predicted molar refractivity (Wildman–Crippen MR) is 97.7 cm³/mol. The molecule has 0 saturated heterocycles. The summed E-state index contributed by atoms with van der Waals surface area (Å²) in [6, 6.07) is 6.63. The molecule has 132 valence electrons. The topological polar surface area (TPSA) is 67.0 Å². The number of anilines is 1. The van der Waals surface area contributed by atoms with Gasteiger partial charge in [-0.2, -0.15) is 5.10 Å². The number of fused-ring (bicyclic) bond motifs is 1. The number of carbonyl (C=O) groups excluding carboxylic acids is 1. The number of ether oxygens (including phenoxy) is 1. The fourth-order valence-corrected chi connectivity index (χ4v) is 3.69. The zero-order valence-electron chi connectivity index (χ0n) is 14.6. The number of halogens is 1. The Labute approximate surface area is 149 Å². The van der Waals surface area contributed by atoms with E-state index in [9.17, 15) is 9.18 Å². The summed E-state index contributed by atoms with van der Waals surface area (Å²) < 4.78 is 20.1. The van der Waals surface area contributed by atoms with Crippen LogP contribution in [0.5, 0.6) is 0 Å². The van der Waals surface area contributed by atoms with Crippen LogP contribution < -0.4 is 5.32 Å². The summed E-state index contributed by atoms with van der Waals surface area (Å²) in [6.07, 6.45) is 0. The number of rotatable bonds is 4. The van der Waals surface area contributed by atoms with Crippen molar-refractivity contribution in [3.63, 3.8) is 0 Å². The Morgan fingerprint density at radius 1 is 1.40 bits per heavy atom. The fourth-order valence-electron chi connectivity index (χ4n) is 2.58. The molecule has 7 heteroatoms. The summed E-state index contributed by atoms with van der Waals surface area (Å²) in [5, 5.41) is 10.3. The number of aromatic nitrogens is 2. The summed E-state index contributed by atoms with van der Waals surface area (Å²) in [4.78, 5) is 13.1. The first-order valence-electron chi connectivity index (χ1n) is 7.87. The number of H-pyrrole nitrogens is 1. The molecule has 3 aromatic rings. The largest absolute Gasteiger partial charge is 0.380 e. The van der Waals surface area contributed by atoms with Crippen molar-refractivity contribution in [1.29, 1.82) is 0 Å². The van der Waals surface area contributed by atoms with Gasteiger partial charge < -0.3 is 10.1 Å². The number of hydrogen-bond donors (Lipinski definition) is 2. The molecule has 0 radical (unpaired) electrons. The van der Waals surface area contributed by atoms with E-state index in [0.29, 0.717) is 21.6 Å². The Hall–Kier alpha value is -2.25. The highest BCUT2D eigenvalue weighted by atomic mass is 32.1. The molecule has 0 aliphatic rings. The third-order valence-electron chi connectivity index (χ3n) is 3.89.